The SMILES string of the molecule is Cc1cc(/C=C2\C(=O)NC(=S)N(c3ccc(Br)cc3)C2=O)c(C)n1-c1ccc(N(C)C)cc1. The molecule has 8 heteroatoms. The number of carbonyl (C=O) groups is 2. The molecule has 1 fully saturated rings. The van der Waals surface area contributed by atoms with Crippen molar-refractivity contribution in [3.05, 3.63) is 81.6 Å². The summed E-state index contributed by atoms with van der Waals surface area (Å²) in [7, 11) is 4.00. The van der Waals surface area contributed by atoms with Crippen LogP contribution in [0, 0.1) is 13.8 Å². The van der Waals surface area contributed by atoms with Gasteiger partial charge in [0.25, 0.3) is 11.8 Å². The van der Waals surface area contributed by atoms with E-state index in [1.807, 2.05) is 51.0 Å². The smallest absolute Gasteiger partial charge is 0.270 e. The summed E-state index contributed by atoms with van der Waals surface area (Å²) in [5.74, 6) is -0.954. The minimum Gasteiger partial charge on any atom is -0.378 e. The number of hydrogen-bond acceptors (Lipinski definition) is 4. The molecule has 6 nitrogen and oxygen atoms in total. The first-order chi connectivity index (χ1) is 15.7. The molecule has 2 aromatic carbocycles. The summed E-state index contributed by atoms with van der Waals surface area (Å²) in [5, 5.41) is 2.70. The number of benzene rings is 2. The van der Waals surface area contributed by atoms with E-state index < -0.39 is 11.8 Å². The number of nitrogens with one attached hydrogen (secondary N) is 1. The van der Waals surface area contributed by atoms with Crippen LogP contribution in [-0.2, 0) is 9.59 Å². The van der Waals surface area contributed by atoms with Gasteiger partial charge in [-0.3, -0.25) is 19.8 Å². The molecule has 0 aliphatic carbocycles. The summed E-state index contributed by atoms with van der Waals surface area (Å²) in [6.07, 6.45) is 1.64. The zero-order valence-electron chi connectivity index (χ0n) is 18.7. The van der Waals surface area contributed by atoms with Crippen LogP contribution >= 0.6 is 28.1 Å². The van der Waals surface area contributed by atoms with Crippen molar-refractivity contribution in [1.29, 1.82) is 0 Å². The normalized spacial score (nSPS) is 15.2. The Labute approximate surface area is 206 Å². The summed E-state index contributed by atoms with van der Waals surface area (Å²) in [6.45, 7) is 3.97. The minimum atomic E-state index is -0.501. The minimum absolute atomic E-state index is 0.0368. The molecular weight excluding hydrogens is 500 g/mol. The van der Waals surface area contributed by atoms with Crippen molar-refractivity contribution in [2.24, 2.45) is 0 Å². The van der Waals surface area contributed by atoms with Gasteiger partial charge in [0.05, 0.1) is 5.69 Å². The van der Waals surface area contributed by atoms with E-state index in [0.29, 0.717) is 5.69 Å². The molecule has 0 radical (unpaired) electrons. The van der Waals surface area contributed by atoms with Gasteiger partial charge in [-0.1, -0.05) is 15.9 Å². The highest BCUT2D eigenvalue weighted by atomic mass is 79.9. The molecule has 2 heterocycles. The fourth-order valence-corrected chi connectivity index (χ4v) is 4.41. The quantitative estimate of drug-likeness (QED) is 0.305. The number of anilines is 2. The van der Waals surface area contributed by atoms with Crippen LogP contribution < -0.4 is 15.1 Å². The number of thiocarbonyl (C=S) groups is 1. The standard InChI is InChI=1S/C25H23BrN4O2S/c1-15-13-17(16(2)29(15)20-11-9-19(10-12-20)28(3)4)14-22-23(31)27-25(33)30(24(22)32)21-7-5-18(26)6-8-21/h5-14H,1-4H3,(H,27,31,33)/b22-14+. The van der Waals surface area contributed by atoms with Gasteiger partial charge >= 0.3 is 0 Å². The number of aromatic nitrogens is 1. The average molecular weight is 523 g/mol. The maximum atomic E-state index is 13.3. The first-order valence-electron chi connectivity index (χ1n) is 10.3. The van der Waals surface area contributed by atoms with E-state index in [9.17, 15) is 9.59 Å². The predicted octanol–water partition coefficient (Wildman–Crippen LogP) is 4.75. The van der Waals surface area contributed by atoms with E-state index in [4.69, 9.17) is 12.2 Å². The summed E-state index contributed by atoms with van der Waals surface area (Å²) < 4.78 is 2.99. The summed E-state index contributed by atoms with van der Waals surface area (Å²) >= 11 is 8.67. The van der Waals surface area contributed by atoms with E-state index in [0.717, 1.165) is 32.8 Å². The van der Waals surface area contributed by atoms with Crippen LogP contribution in [0.3, 0.4) is 0 Å². The van der Waals surface area contributed by atoms with Gasteiger partial charge < -0.3 is 9.47 Å². The van der Waals surface area contributed by atoms with Crippen molar-refractivity contribution >= 4 is 62.5 Å². The fraction of sp³-hybridized carbons (Fsp3) is 0.160. The number of aryl methyl sites for hydroxylation is 1. The van der Waals surface area contributed by atoms with E-state index >= 15 is 0 Å². The fourth-order valence-electron chi connectivity index (χ4n) is 3.87. The lowest BCUT2D eigenvalue weighted by molar-refractivity contribution is -0.122. The summed E-state index contributed by atoms with van der Waals surface area (Å²) in [5.41, 5.74) is 5.48. The first kappa shape index (κ1) is 22.9. The van der Waals surface area contributed by atoms with Gasteiger partial charge in [-0.2, -0.15) is 0 Å². The number of hydrogen-bond donors (Lipinski definition) is 1. The van der Waals surface area contributed by atoms with Crippen molar-refractivity contribution in [2.75, 3.05) is 23.9 Å². The molecule has 1 saturated heterocycles. The second-order valence-corrected chi connectivity index (χ2v) is 9.31. The zero-order valence-corrected chi connectivity index (χ0v) is 21.1. The molecule has 3 aromatic rings. The van der Waals surface area contributed by atoms with Gasteiger partial charge in [-0.25, -0.2) is 0 Å². The molecule has 1 N–H and O–H groups in total. The molecule has 1 aliphatic heterocycles. The molecule has 4 rings (SSSR count). The van der Waals surface area contributed by atoms with Crippen LogP contribution in [-0.4, -0.2) is 35.6 Å². The van der Waals surface area contributed by atoms with E-state index in [-0.39, 0.29) is 10.7 Å². The Balaban J connectivity index is 1.72. The molecular formula is C25H23BrN4O2S. The number of halogens is 1. The Kier molecular flexibility index (Phi) is 6.23. The van der Waals surface area contributed by atoms with Crippen LogP contribution in [0.15, 0.2) is 64.6 Å². The van der Waals surface area contributed by atoms with Gasteiger partial charge in [0.1, 0.15) is 5.57 Å². The third kappa shape index (κ3) is 4.36. The Morgan fingerprint density at radius 1 is 0.970 bits per heavy atom. The number of rotatable bonds is 4. The first-order valence-corrected chi connectivity index (χ1v) is 11.5. The highest BCUT2D eigenvalue weighted by Crippen LogP contribution is 2.27. The molecule has 0 atom stereocenters. The number of carbonyl (C=O) groups excluding carboxylic acids is 2. The molecule has 0 spiro atoms. The molecule has 2 amide bonds. The lowest BCUT2D eigenvalue weighted by atomic mass is 10.1. The van der Waals surface area contributed by atoms with Gasteiger partial charge in [0.2, 0.25) is 0 Å². The van der Waals surface area contributed by atoms with Crippen molar-refractivity contribution in [1.82, 2.24) is 9.88 Å². The average Bonchev–Trinajstić information content (AvgIpc) is 3.05. The molecule has 0 bridgehead atoms. The van der Waals surface area contributed by atoms with E-state index in [1.54, 1.807) is 18.2 Å². The van der Waals surface area contributed by atoms with Crippen LogP contribution in [0.5, 0.6) is 0 Å². The summed E-state index contributed by atoms with van der Waals surface area (Å²) in [6, 6.07) is 17.4. The monoisotopic (exact) mass is 522 g/mol. The van der Waals surface area contributed by atoms with Crippen molar-refractivity contribution in [3.8, 4) is 5.69 Å². The lowest BCUT2D eigenvalue weighted by Gasteiger charge is -2.29. The van der Waals surface area contributed by atoms with Crippen LogP contribution in [0.2, 0.25) is 0 Å². The van der Waals surface area contributed by atoms with Crippen molar-refractivity contribution in [3.63, 3.8) is 0 Å². The maximum Gasteiger partial charge on any atom is 0.270 e. The van der Waals surface area contributed by atoms with Crippen molar-refractivity contribution < 1.29 is 9.59 Å². The second kappa shape index (κ2) is 8.96. The highest BCUT2D eigenvalue weighted by Gasteiger charge is 2.34. The molecule has 168 valence electrons. The van der Waals surface area contributed by atoms with Gasteiger partial charge in [0, 0.05) is 41.3 Å². The van der Waals surface area contributed by atoms with E-state index in [1.165, 1.54) is 4.90 Å². The van der Waals surface area contributed by atoms with Gasteiger partial charge in [-0.05, 0) is 92.3 Å². The van der Waals surface area contributed by atoms with Crippen LogP contribution in [0.4, 0.5) is 11.4 Å². The largest absolute Gasteiger partial charge is 0.378 e. The third-order valence-corrected chi connectivity index (χ3v) is 6.39. The molecule has 1 aromatic heterocycles. The van der Waals surface area contributed by atoms with Crippen LogP contribution in [0.25, 0.3) is 11.8 Å². The third-order valence-electron chi connectivity index (χ3n) is 5.58. The van der Waals surface area contributed by atoms with Crippen LogP contribution in [0.1, 0.15) is 17.0 Å². The summed E-state index contributed by atoms with van der Waals surface area (Å²) in [4.78, 5) is 29.4. The number of nitrogens with zero attached hydrogens (tertiary/aromatic N) is 3. The molecule has 33 heavy (non-hydrogen) atoms. The molecule has 0 unspecified atom stereocenters. The highest BCUT2D eigenvalue weighted by molar-refractivity contribution is 9.10. The van der Waals surface area contributed by atoms with Gasteiger partial charge in [0.15, 0.2) is 5.11 Å². The molecule has 0 saturated carbocycles. The zero-order chi connectivity index (χ0) is 23.9. The Hall–Kier alpha value is -3.23. The predicted molar refractivity (Wildman–Crippen MR) is 140 cm³/mol. The number of amides is 2. The van der Waals surface area contributed by atoms with Gasteiger partial charge in [-0.15, -0.1) is 0 Å². The second-order valence-electron chi connectivity index (χ2n) is 8.01. The topological polar surface area (TPSA) is 57.6 Å². The Morgan fingerprint density at radius 3 is 2.18 bits per heavy atom. The molecule has 1 aliphatic rings. The van der Waals surface area contributed by atoms with Crippen molar-refractivity contribution in [2.45, 2.75) is 13.8 Å². The maximum absolute atomic E-state index is 13.3. The Bertz CT molecular complexity index is 1290. The Morgan fingerprint density at radius 2 is 1.58 bits per heavy atom. The van der Waals surface area contributed by atoms with E-state index in [2.05, 4.69) is 50.1 Å². The lowest BCUT2D eigenvalue weighted by Crippen LogP contribution is -2.54.